The molecule has 3 rings (SSSR count). The Morgan fingerprint density at radius 1 is 0.958 bits per heavy atom. The Bertz CT molecular complexity index is 731. The zero-order valence-corrected chi connectivity index (χ0v) is 14.5. The molecule has 4 nitrogen and oxygen atoms in total. The number of unbranched alkanes of at least 4 members (excludes halogenated alkanes) is 1. The molecular formula is C20H25N3O. The summed E-state index contributed by atoms with van der Waals surface area (Å²) in [6.07, 6.45) is 4.94. The van der Waals surface area contributed by atoms with Crippen LogP contribution in [0.3, 0.4) is 0 Å². The molecule has 0 amide bonds. The van der Waals surface area contributed by atoms with E-state index in [0.29, 0.717) is 5.92 Å². The summed E-state index contributed by atoms with van der Waals surface area (Å²) in [5.74, 6) is 1.55. The molecule has 126 valence electrons. The summed E-state index contributed by atoms with van der Waals surface area (Å²) in [4.78, 5) is 1.67. The van der Waals surface area contributed by atoms with E-state index < -0.39 is 0 Å². The number of hydrogen-bond acceptors (Lipinski definition) is 3. The maximum atomic E-state index is 5.96. The highest BCUT2D eigenvalue weighted by atomic mass is 16.5. The lowest BCUT2D eigenvalue weighted by Crippen LogP contribution is -2.11. The van der Waals surface area contributed by atoms with Crippen molar-refractivity contribution in [1.29, 1.82) is 0 Å². The summed E-state index contributed by atoms with van der Waals surface area (Å²) in [5, 5.41) is 9.00. The molecule has 1 aromatic heterocycles. The van der Waals surface area contributed by atoms with Crippen LogP contribution in [0.5, 0.6) is 5.75 Å². The van der Waals surface area contributed by atoms with E-state index >= 15 is 0 Å². The third-order valence-corrected chi connectivity index (χ3v) is 4.38. The lowest BCUT2D eigenvalue weighted by Gasteiger charge is -2.15. The largest absolute Gasteiger partial charge is 0.493 e. The Morgan fingerprint density at radius 3 is 2.21 bits per heavy atom. The van der Waals surface area contributed by atoms with Crippen molar-refractivity contribution in [3.8, 4) is 11.4 Å². The van der Waals surface area contributed by atoms with E-state index in [2.05, 4.69) is 24.0 Å². The fraction of sp³-hybridized carbons (Fsp3) is 0.400. The van der Waals surface area contributed by atoms with Crippen LogP contribution >= 0.6 is 0 Å². The number of nitrogens with zero attached hydrogens (tertiary/aromatic N) is 3. The van der Waals surface area contributed by atoms with Gasteiger partial charge in [0.1, 0.15) is 16.8 Å². The summed E-state index contributed by atoms with van der Waals surface area (Å²) >= 11 is 0. The highest BCUT2D eigenvalue weighted by molar-refractivity contribution is 5.73. The average Bonchev–Trinajstić information content (AvgIpc) is 3.06. The first-order valence-corrected chi connectivity index (χ1v) is 8.85. The molecule has 0 spiro atoms. The standard InChI is InChI=1S/C20H25N3O/c1-3-5-8-16(4-2)15-24-18-13-11-17(12-14-18)23-21-19-9-6-7-10-20(19)22-23/h6-7,9-14,16H,3-5,8,15H2,1-2H3. The van der Waals surface area contributed by atoms with Gasteiger partial charge in [-0.2, -0.15) is 4.80 Å². The summed E-state index contributed by atoms with van der Waals surface area (Å²) in [7, 11) is 0. The van der Waals surface area contributed by atoms with Crippen molar-refractivity contribution >= 4 is 11.0 Å². The molecular weight excluding hydrogens is 298 g/mol. The van der Waals surface area contributed by atoms with E-state index in [-0.39, 0.29) is 0 Å². The first-order valence-electron chi connectivity index (χ1n) is 8.85. The number of hydrogen-bond donors (Lipinski definition) is 0. The van der Waals surface area contributed by atoms with E-state index in [1.807, 2.05) is 48.5 Å². The van der Waals surface area contributed by atoms with Gasteiger partial charge in [-0.15, -0.1) is 10.2 Å². The Kier molecular flexibility index (Phi) is 5.47. The number of ether oxygens (including phenoxy) is 1. The second-order valence-corrected chi connectivity index (χ2v) is 6.20. The maximum Gasteiger partial charge on any atom is 0.119 e. The Morgan fingerprint density at radius 2 is 1.62 bits per heavy atom. The van der Waals surface area contributed by atoms with Crippen LogP contribution in [-0.2, 0) is 0 Å². The van der Waals surface area contributed by atoms with Crippen molar-refractivity contribution in [3.63, 3.8) is 0 Å². The number of aromatic nitrogens is 3. The molecule has 0 aliphatic heterocycles. The van der Waals surface area contributed by atoms with Crippen molar-refractivity contribution in [1.82, 2.24) is 15.0 Å². The van der Waals surface area contributed by atoms with Crippen LogP contribution < -0.4 is 4.74 Å². The van der Waals surface area contributed by atoms with Gasteiger partial charge in [-0.1, -0.05) is 45.2 Å². The van der Waals surface area contributed by atoms with Crippen LogP contribution in [-0.4, -0.2) is 21.6 Å². The zero-order chi connectivity index (χ0) is 16.8. The highest BCUT2D eigenvalue weighted by Crippen LogP contribution is 2.19. The first kappa shape index (κ1) is 16.5. The van der Waals surface area contributed by atoms with Crippen molar-refractivity contribution in [3.05, 3.63) is 48.5 Å². The monoisotopic (exact) mass is 323 g/mol. The van der Waals surface area contributed by atoms with Crippen molar-refractivity contribution in [2.45, 2.75) is 39.5 Å². The highest BCUT2D eigenvalue weighted by Gasteiger charge is 2.08. The predicted octanol–water partition coefficient (Wildman–Crippen LogP) is 5.02. The van der Waals surface area contributed by atoms with Gasteiger partial charge in [0.25, 0.3) is 0 Å². The first-order chi connectivity index (χ1) is 11.8. The molecule has 3 aromatic rings. The molecule has 1 unspecified atom stereocenters. The number of benzene rings is 2. The molecule has 0 radical (unpaired) electrons. The van der Waals surface area contributed by atoms with Crippen molar-refractivity contribution in [2.75, 3.05) is 6.61 Å². The second kappa shape index (κ2) is 7.95. The molecule has 0 saturated carbocycles. The smallest absolute Gasteiger partial charge is 0.119 e. The van der Waals surface area contributed by atoms with Gasteiger partial charge in [-0.3, -0.25) is 0 Å². The molecule has 24 heavy (non-hydrogen) atoms. The summed E-state index contributed by atoms with van der Waals surface area (Å²) in [5.41, 5.74) is 2.75. The van der Waals surface area contributed by atoms with Gasteiger partial charge in [0.15, 0.2) is 0 Å². The minimum Gasteiger partial charge on any atom is -0.493 e. The second-order valence-electron chi connectivity index (χ2n) is 6.20. The molecule has 1 atom stereocenters. The van der Waals surface area contributed by atoms with Crippen LogP contribution in [0.1, 0.15) is 39.5 Å². The lowest BCUT2D eigenvalue weighted by atomic mass is 10.0. The van der Waals surface area contributed by atoms with Crippen molar-refractivity contribution < 1.29 is 4.74 Å². The molecule has 0 aliphatic rings. The molecule has 0 aliphatic carbocycles. The average molecular weight is 323 g/mol. The minimum absolute atomic E-state index is 0.641. The third kappa shape index (κ3) is 3.94. The Hall–Kier alpha value is -2.36. The van der Waals surface area contributed by atoms with E-state index in [9.17, 15) is 0 Å². The Labute approximate surface area is 143 Å². The fourth-order valence-electron chi connectivity index (χ4n) is 2.76. The molecule has 0 fully saturated rings. The van der Waals surface area contributed by atoms with Gasteiger partial charge in [0, 0.05) is 0 Å². The maximum absolute atomic E-state index is 5.96. The summed E-state index contributed by atoms with van der Waals surface area (Å²) < 4.78 is 5.96. The lowest BCUT2D eigenvalue weighted by molar-refractivity contribution is 0.233. The normalized spacial score (nSPS) is 12.4. The van der Waals surface area contributed by atoms with Crippen molar-refractivity contribution in [2.24, 2.45) is 5.92 Å². The van der Waals surface area contributed by atoms with E-state index in [4.69, 9.17) is 4.74 Å². The van der Waals surface area contributed by atoms with Crippen LogP contribution in [0.4, 0.5) is 0 Å². The molecule has 4 heteroatoms. The summed E-state index contributed by atoms with van der Waals surface area (Å²) in [6.45, 7) is 5.26. The summed E-state index contributed by atoms with van der Waals surface area (Å²) in [6, 6.07) is 15.9. The van der Waals surface area contributed by atoms with Crippen LogP contribution in [0.25, 0.3) is 16.7 Å². The number of fused-ring (bicyclic) bond motifs is 1. The van der Waals surface area contributed by atoms with E-state index in [1.165, 1.54) is 25.7 Å². The minimum atomic E-state index is 0.641. The molecule has 0 N–H and O–H groups in total. The van der Waals surface area contributed by atoms with Gasteiger partial charge in [-0.05, 0) is 48.7 Å². The van der Waals surface area contributed by atoms with Gasteiger partial charge >= 0.3 is 0 Å². The van der Waals surface area contributed by atoms with E-state index in [0.717, 1.165) is 29.1 Å². The third-order valence-electron chi connectivity index (χ3n) is 4.38. The van der Waals surface area contributed by atoms with Crippen LogP contribution in [0, 0.1) is 5.92 Å². The number of rotatable bonds is 8. The fourth-order valence-corrected chi connectivity index (χ4v) is 2.76. The van der Waals surface area contributed by atoms with Gasteiger partial charge in [-0.25, -0.2) is 0 Å². The molecule has 2 aromatic carbocycles. The quantitative estimate of drug-likeness (QED) is 0.584. The Balaban J connectivity index is 1.64. The van der Waals surface area contributed by atoms with Gasteiger partial charge < -0.3 is 4.74 Å². The molecule has 0 bridgehead atoms. The van der Waals surface area contributed by atoms with Crippen LogP contribution in [0.2, 0.25) is 0 Å². The van der Waals surface area contributed by atoms with Gasteiger partial charge in [0.05, 0.1) is 12.3 Å². The van der Waals surface area contributed by atoms with Gasteiger partial charge in [0.2, 0.25) is 0 Å². The van der Waals surface area contributed by atoms with Crippen LogP contribution in [0.15, 0.2) is 48.5 Å². The predicted molar refractivity (Wildman–Crippen MR) is 97.7 cm³/mol. The topological polar surface area (TPSA) is 39.9 Å². The van der Waals surface area contributed by atoms with E-state index in [1.54, 1.807) is 4.80 Å². The SMILES string of the molecule is CCCCC(CC)COc1ccc(-n2nc3ccccc3n2)cc1. The zero-order valence-electron chi connectivity index (χ0n) is 14.5. The molecule has 1 heterocycles. The molecule has 0 saturated heterocycles.